The summed E-state index contributed by atoms with van der Waals surface area (Å²) in [7, 11) is 0. The van der Waals surface area contributed by atoms with E-state index >= 15 is 0 Å². The molecule has 2 rings (SSSR count). The molecule has 86 valence electrons. The number of nitrogens with two attached hydrogens (primary N) is 1. The van der Waals surface area contributed by atoms with E-state index < -0.39 is 12.0 Å². The lowest BCUT2D eigenvalue weighted by atomic mass is 9.87. The molecule has 3 heteroatoms. The van der Waals surface area contributed by atoms with Crippen molar-refractivity contribution in [3.8, 4) is 0 Å². The first-order valence-electron chi connectivity index (χ1n) is 5.53. The highest BCUT2D eigenvalue weighted by Gasteiger charge is 2.52. The minimum absolute atomic E-state index is 0.315. The van der Waals surface area contributed by atoms with Gasteiger partial charge in [-0.3, -0.25) is 4.79 Å². The van der Waals surface area contributed by atoms with E-state index in [0.717, 1.165) is 18.4 Å². The van der Waals surface area contributed by atoms with Crippen LogP contribution in [0.3, 0.4) is 0 Å². The first-order valence-corrected chi connectivity index (χ1v) is 5.53. The van der Waals surface area contributed by atoms with Crippen molar-refractivity contribution in [2.24, 2.45) is 5.73 Å². The van der Waals surface area contributed by atoms with Crippen LogP contribution in [0, 0.1) is 13.8 Å². The van der Waals surface area contributed by atoms with Crippen LogP contribution < -0.4 is 5.73 Å². The van der Waals surface area contributed by atoms with Crippen molar-refractivity contribution in [1.29, 1.82) is 0 Å². The number of rotatable bonds is 3. The van der Waals surface area contributed by atoms with Gasteiger partial charge in [0.05, 0.1) is 0 Å². The third-order valence-electron chi connectivity index (χ3n) is 3.73. The molecule has 3 nitrogen and oxygen atoms in total. The molecule has 1 aliphatic carbocycles. The third-order valence-corrected chi connectivity index (χ3v) is 3.73. The number of aryl methyl sites for hydroxylation is 2. The number of carboxylic acids is 1. The lowest BCUT2D eigenvalue weighted by Crippen LogP contribution is -2.42. The van der Waals surface area contributed by atoms with E-state index in [1.54, 1.807) is 0 Å². The van der Waals surface area contributed by atoms with Crippen LogP contribution in [0.25, 0.3) is 0 Å². The van der Waals surface area contributed by atoms with Crippen LogP contribution in [0.5, 0.6) is 0 Å². The van der Waals surface area contributed by atoms with Gasteiger partial charge in [-0.25, -0.2) is 0 Å². The van der Waals surface area contributed by atoms with E-state index in [0.29, 0.717) is 0 Å². The van der Waals surface area contributed by atoms with E-state index in [9.17, 15) is 4.79 Å². The molecule has 1 aromatic rings. The molecule has 0 radical (unpaired) electrons. The molecule has 0 heterocycles. The molecule has 0 amide bonds. The van der Waals surface area contributed by atoms with Gasteiger partial charge in [0.2, 0.25) is 0 Å². The van der Waals surface area contributed by atoms with Gasteiger partial charge in [-0.1, -0.05) is 18.2 Å². The zero-order valence-corrected chi connectivity index (χ0v) is 9.66. The van der Waals surface area contributed by atoms with Crippen molar-refractivity contribution in [2.75, 3.05) is 0 Å². The Balaban J connectivity index is 2.37. The zero-order valence-electron chi connectivity index (χ0n) is 9.66. The predicted molar refractivity (Wildman–Crippen MR) is 62.4 cm³/mol. The number of hydrogen-bond donors (Lipinski definition) is 2. The molecule has 0 saturated heterocycles. The summed E-state index contributed by atoms with van der Waals surface area (Å²) in [6.45, 7) is 4.09. The first-order chi connectivity index (χ1) is 7.47. The molecule has 1 aliphatic rings. The minimum Gasteiger partial charge on any atom is -0.480 e. The second kappa shape index (κ2) is 3.59. The van der Waals surface area contributed by atoms with Crippen LogP contribution in [0.2, 0.25) is 0 Å². The minimum atomic E-state index is -0.907. The Kier molecular flexibility index (Phi) is 2.50. The fourth-order valence-corrected chi connectivity index (χ4v) is 2.20. The molecular weight excluding hydrogens is 202 g/mol. The van der Waals surface area contributed by atoms with Crippen LogP contribution in [-0.4, -0.2) is 17.1 Å². The molecular formula is C13H17NO2. The summed E-state index contributed by atoms with van der Waals surface area (Å²) >= 11 is 0. The average molecular weight is 219 g/mol. The highest BCUT2D eigenvalue weighted by Crippen LogP contribution is 2.50. The molecule has 0 aromatic heterocycles. The molecule has 1 saturated carbocycles. The molecule has 1 fully saturated rings. The fourth-order valence-electron chi connectivity index (χ4n) is 2.20. The standard InChI is InChI=1S/C13H17NO2/c1-8-3-4-10(7-9(8)2)13(5-6-13)11(14)12(15)16/h3-4,7,11H,5-6,14H2,1-2H3,(H,15,16). The maximum Gasteiger partial charge on any atom is 0.321 e. The van der Waals surface area contributed by atoms with Crippen molar-refractivity contribution in [2.45, 2.75) is 38.1 Å². The van der Waals surface area contributed by atoms with Gasteiger partial charge in [0.25, 0.3) is 0 Å². The van der Waals surface area contributed by atoms with Crippen molar-refractivity contribution in [3.63, 3.8) is 0 Å². The highest BCUT2D eigenvalue weighted by atomic mass is 16.4. The normalized spacial score (nSPS) is 19.2. The van der Waals surface area contributed by atoms with Gasteiger partial charge in [0.1, 0.15) is 6.04 Å². The van der Waals surface area contributed by atoms with Gasteiger partial charge >= 0.3 is 5.97 Å². The zero-order chi connectivity index (χ0) is 11.9. The largest absolute Gasteiger partial charge is 0.480 e. The van der Waals surface area contributed by atoms with E-state index in [-0.39, 0.29) is 5.41 Å². The average Bonchev–Trinajstić information content (AvgIpc) is 3.02. The van der Waals surface area contributed by atoms with Gasteiger partial charge in [0.15, 0.2) is 0 Å². The van der Waals surface area contributed by atoms with E-state index in [2.05, 4.69) is 13.0 Å². The molecule has 0 spiro atoms. The summed E-state index contributed by atoms with van der Waals surface area (Å²) < 4.78 is 0. The summed E-state index contributed by atoms with van der Waals surface area (Å²) in [4.78, 5) is 11.0. The number of aliphatic carboxylic acids is 1. The maximum atomic E-state index is 11.0. The predicted octanol–water partition coefficient (Wildman–Crippen LogP) is 1.75. The lowest BCUT2D eigenvalue weighted by molar-refractivity contribution is -0.139. The van der Waals surface area contributed by atoms with Gasteiger partial charge in [0, 0.05) is 5.41 Å². The van der Waals surface area contributed by atoms with Gasteiger partial charge < -0.3 is 10.8 Å². The topological polar surface area (TPSA) is 63.3 Å². The Bertz CT molecular complexity index is 436. The van der Waals surface area contributed by atoms with Crippen molar-refractivity contribution >= 4 is 5.97 Å². The summed E-state index contributed by atoms with van der Waals surface area (Å²) in [5, 5.41) is 9.02. The lowest BCUT2D eigenvalue weighted by Gasteiger charge is -2.21. The Hall–Kier alpha value is -1.35. The van der Waals surface area contributed by atoms with Crippen LogP contribution in [-0.2, 0) is 10.2 Å². The fraction of sp³-hybridized carbons (Fsp3) is 0.462. The van der Waals surface area contributed by atoms with E-state index in [1.807, 2.05) is 19.1 Å². The number of hydrogen-bond acceptors (Lipinski definition) is 2. The van der Waals surface area contributed by atoms with Gasteiger partial charge in [-0.15, -0.1) is 0 Å². The van der Waals surface area contributed by atoms with E-state index in [1.165, 1.54) is 11.1 Å². The smallest absolute Gasteiger partial charge is 0.321 e. The Morgan fingerprint density at radius 1 is 1.38 bits per heavy atom. The summed E-state index contributed by atoms with van der Waals surface area (Å²) in [5.41, 5.74) is 8.96. The third kappa shape index (κ3) is 1.61. The highest BCUT2D eigenvalue weighted by molar-refractivity contribution is 5.77. The van der Waals surface area contributed by atoms with Crippen molar-refractivity contribution in [1.82, 2.24) is 0 Å². The Labute approximate surface area is 95.3 Å². The van der Waals surface area contributed by atoms with Crippen LogP contribution in [0.15, 0.2) is 18.2 Å². The SMILES string of the molecule is Cc1ccc(C2(C(N)C(=O)O)CC2)cc1C. The Morgan fingerprint density at radius 2 is 2.00 bits per heavy atom. The van der Waals surface area contributed by atoms with Crippen LogP contribution in [0.4, 0.5) is 0 Å². The summed E-state index contributed by atoms with van der Waals surface area (Å²) in [6.07, 6.45) is 1.76. The molecule has 0 bridgehead atoms. The van der Waals surface area contributed by atoms with Crippen LogP contribution in [0.1, 0.15) is 29.5 Å². The maximum absolute atomic E-state index is 11.0. The first kappa shape index (κ1) is 11.1. The quantitative estimate of drug-likeness (QED) is 0.814. The number of carbonyl (C=O) groups is 1. The second-order valence-corrected chi connectivity index (χ2v) is 4.77. The molecule has 3 N–H and O–H groups in total. The second-order valence-electron chi connectivity index (χ2n) is 4.77. The summed E-state index contributed by atoms with van der Waals surface area (Å²) in [5.74, 6) is -0.907. The van der Waals surface area contributed by atoms with Gasteiger partial charge in [-0.05, 0) is 43.4 Å². The number of carboxylic acid groups (broad SMARTS) is 1. The monoisotopic (exact) mass is 219 g/mol. The molecule has 1 atom stereocenters. The Morgan fingerprint density at radius 3 is 2.44 bits per heavy atom. The van der Waals surface area contributed by atoms with Crippen LogP contribution >= 0.6 is 0 Å². The van der Waals surface area contributed by atoms with Crippen molar-refractivity contribution in [3.05, 3.63) is 34.9 Å². The van der Waals surface area contributed by atoms with Crippen molar-refractivity contribution < 1.29 is 9.90 Å². The van der Waals surface area contributed by atoms with Gasteiger partial charge in [-0.2, -0.15) is 0 Å². The summed E-state index contributed by atoms with van der Waals surface area (Å²) in [6, 6.07) is 5.34. The van der Waals surface area contributed by atoms with E-state index in [4.69, 9.17) is 10.8 Å². The molecule has 16 heavy (non-hydrogen) atoms. The molecule has 1 unspecified atom stereocenters. The number of benzene rings is 1. The molecule has 0 aliphatic heterocycles. The molecule has 1 aromatic carbocycles.